The van der Waals surface area contributed by atoms with Crippen molar-refractivity contribution in [2.75, 3.05) is 17.7 Å². The summed E-state index contributed by atoms with van der Waals surface area (Å²) in [5.41, 5.74) is 7.50. The molecule has 2 amide bonds. The quantitative estimate of drug-likeness (QED) is 0.649. The number of carbonyl (C=O) groups excluding carboxylic acids is 1. The first kappa shape index (κ1) is 17.3. The fraction of sp³-hybridized carbons (Fsp3) is 0.176. The molecule has 0 fully saturated rings. The number of rotatable bonds is 6. The Kier molecular flexibility index (Phi) is 5.75. The highest BCUT2D eigenvalue weighted by Crippen LogP contribution is 2.16. The Hall–Kier alpha value is -3.06. The number of carbonyl (C=O) groups is 2. The molecule has 7 nitrogen and oxygen atoms in total. The minimum Gasteiger partial charge on any atom is -0.497 e. The number of nitrogens with one attached hydrogen (secondary N) is 2. The summed E-state index contributed by atoms with van der Waals surface area (Å²) < 4.78 is 5.05. The summed E-state index contributed by atoms with van der Waals surface area (Å²) >= 11 is 0. The number of hydrogen-bond acceptors (Lipinski definition) is 4. The average Bonchev–Trinajstić information content (AvgIpc) is 2.57. The molecule has 2 rings (SSSR count). The summed E-state index contributed by atoms with van der Waals surface area (Å²) in [5, 5.41) is 14.2. The molecule has 0 bridgehead atoms. The molecule has 126 valence electrons. The number of carboxylic acid groups (broad SMARTS) is 1. The predicted molar refractivity (Wildman–Crippen MR) is 91.4 cm³/mol. The van der Waals surface area contributed by atoms with Crippen LogP contribution in [-0.4, -0.2) is 30.3 Å². The van der Waals surface area contributed by atoms with E-state index in [4.69, 9.17) is 15.6 Å². The van der Waals surface area contributed by atoms with Crippen molar-refractivity contribution in [3.8, 4) is 5.75 Å². The third-order valence-corrected chi connectivity index (χ3v) is 3.33. The van der Waals surface area contributed by atoms with E-state index in [1.807, 2.05) is 0 Å². The molecule has 0 saturated carbocycles. The lowest BCUT2D eigenvalue weighted by molar-refractivity contribution is -0.138. The zero-order chi connectivity index (χ0) is 17.5. The lowest BCUT2D eigenvalue weighted by atomic mass is 10.1. The van der Waals surface area contributed by atoms with Gasteiger partial charge >= 0.3 is 12.0 Å². The maximum atomic E-state index is 11.9. The van der Waals surface area contributed by atoms with Crippen LogP contribution in [0.5, 0.6) is 5.75 Å². The third-order valence-electron chi connectivity index (χ3n) is 3.33. The molecule has 0 spiro atoms. The Balaban J connectivity index is 1.90. The Morgan fingerprint density at radius 3 is 2.00 bits per heavy atom. The highest BCUT2D eigenvalue weighted by molar-refractivity contribution is 5.99. The summed E-state index contributed by atoms with van der Waals surface area (Å²) in [4.78, 5) is 22.7. The SMILES string of the molecule is COc1ccc(NC(=O)Nc2ccc(C[C@@H](N)C(=O)O)cc2)cc1. The van der Waals surface area contributed by atoms with E-state index in [-0.39, 0.29) is 12.5 Å². The highest BCUT2D eigenvalue weighted by Gasteiger charge is 2.12. The van der Waals surface area contributed by atoms with Crippen LogP contribution in [0.4, 0.5) is 16.2 Å². The second-order valence-electron chi connectivity index (χ2n) is 5.15. The summed E-state index contributed by atoms with van der Waals surface area (Å²) in [6.07, 6.45) is 0.230. The van der Waals surface area contributed by atoms with Gasteiger partial charge in [-0.2, -0.15) is 0 Å². The first-order chi connectivity index (χ1) is 11.5. The van der Waals surface area contributed by atoms with Crippen LogP contribution in [0.25, 0.3) is 0 Å². The van der Waals surface area contributed by atoms with E-state index in [2.05, 4.69) is 10.6 Å². The van der Waals surface area contributed by atoms with E-state index >= 15 is 0 Å². The molecule has 0 saturated heterocycles. The minimum atomic E-state index is -1.05. The van der Waals surface area contributed by atoms with Gasteiger partial charge in [-0.25, -0.2) is 4.79 Å². The van der Waals surface area contributed by atoms with Crippen molar-refractivity contribution in [2.24, 2.45) is 5.73 Å². The van der Waals surface area contributed by atoms with Crippen LogP contribution in [0.15, 0.2) is 48.5 Å². The van der Waals surface area contributed by atoms with Crippen molar-refractivity contribution in [1.29, 1.82) is 0 Å². The lowest BCUT2D eigenvalue weighted by Gasteiger charge is -2.10. The predicted octanol–water partition coefficient (Wildman–Crippen LogP) is 2.29. The number of carboxylic acids is 1. The van der Waals surface area contributed by atoms with Crippen LogP contribution >= 0.6 is 0 Å². The largest absolute Gasteiger partial charge is 0.497 e. The Labute approximate surface area is 139 Å². The van der Waals surface area contributed by atoms with E-state index in [1.165, 1.54) is 0 Å². The number of methoxy groups -OCH3 is 1. The van der Waals surface area contributed by atoms with Crippen LogP contribution in [0.2, 0.25) is 0 Å². The van der Waals surface area contributed by atoms with E-state index in [0.29, 0.717) is 17.1 Å². The number of nitrogens with two attached hydrogens (primary N) is 1. The van der Waals surface area contributed by atoms with E-state index in [1.54, 1.807) is 55.6 Å². The molecule has 2 aromatic rings. The van der Waals surface area contributed by atoms with Crippen LogP contribution < -0.4 is 21.1 Å². The second kappa shape index (κ2) is 7.98. The number of urea groups is 1. The molecular formula is C17H19N3O4. The molecule has 0 aliphatic rings. The summed E-state index contributed by atoms with van der Waals surface area (Å²) in [5.74, 6) is -0.341. The molecule has 1 atom stereocenters. The number of aliphatic carboxylic acids is 1. The molecule has 0 aliphatic carbocycles. The smallest absolute Gasteiger partial charge is 0.323 e. The van der Waals surface area contributed by atoms with Gasteiger partial charge in [-0.05, 0) is 48.4 Å². The lowest BCUT2D eigenvalue weighted by Crippen LogP contribution is -2.32. The first-order valence-corrected chi connectivity index (χ1v) is 7.27. The zero-order valence-corrected chi connectivity index (χ0v) is 13.2. The van der Waals surface area contributed by atoms with E-state index < -0.39 is 12.0 Å². The maximum Gasteiger partial charge on any atom is 0.323 e. The molecular weight excluding hydrogens is 310 g/mol. The van der Waals surface area contributed by atoms with Gasteiger partial charge in [0.15, 0.2) is 0 Å². The van der Waals surface area contributed by atoms with Gasteiger partial charge in [-0.15, -0.1) is 0 Å². The number of amides is 2. The van der Waals surface area contributed by atoms with Gasteiger partial charge in [0.25, 0.3) is 0 Å². The molecule has 0 aliphatic heterocycles. The van der Waals surface area contributed by atoms with E-state index in [9.17, 15) is 9.59 Å². The van der Waals surface area contributed by atoms with Crippen molar-refractivity contribution >= 4 is 23.4 Å². The van der Waals surface area contributed by atoms with Crippen LogP contribution in [-0.2, 0) is 11.2 Å². The Morgan fingerprint density at radius 1 is 1.04 bits per heavy atom. The van der Waals surface area contributed by atoms with E-state index in [0.717, 1.165) is 5.56 Å². The topological polar surface area (TPSA) is 114 Å². The Bertz CT molecular complexity index is 699. The maximum absolute atomic E-state index is 11.9. The summed E-state index contributed by atoms with van der Waals surface area (Å²) in [6.45, 7) is 0. The monoisotopic (exact) mass is 329 g/mol. The molecule has 7 heteroatoms. The fourth-order valence-electron chi connectivity index (χ4n) is 2.03. The van der Waals surface area contributed by atoms with Crippen LogP contribution in [0.1, 0.15) is 5.56 Å². The average molecular weight is 329 g/mol. The van der Waals surface area contributed by atoms with Crippen molar-refractivity contribution in [1.82, 2.24) is 0 Å². The normalized spacial score (nSPS) is 11.4. The number of hydrogen-bond donors (Lipinski definition) is 4. The standard InChI is InChI=1S/C17H19N3O4/c1-24-14-8-6-13(7-9-14)20-17(23)19-12-4-2-11(3-5-12)10-15(18)16(21)22/h2-9,15H,10,18H2,1H3,(H,21,22)(H2,19,20,23)/t15-/m1/s1. The van der Waals surface area contributed by atoms with Gasteiger partial charge in [0.05, 0.1) is 7.11 Å². The van der Waals surface area contributed by atoms with Gasteiger partial charge in [-0.3, -0.25) is 4.79 Å². The third kappa shape index (κ3) is 4.99. The second-order valence-corrected chi connectivity index (χ2v) is 5.15. The van der Waals surface area contributed by atoms with Gasteiger partial charge in [0.2, 0.25) is 0 Å². The molecule has 0 heterocycles. The zero-order valence-electron chi connectivity index (χ0n) is 13.2. The van der Waals surface area contributed by atoms with Gasteiger partial charge in [0, 0.05) is 11.4 Å². The van der Waals surface area contributed by atoms with Crippen molar-refractivity contribution < 1.29 is 19.4 Å². The van der Waals surface area contributed by atoms with Gasteiger partial charge in [-0.1, -0.05) is 12.1 Å². The van der Waals surface area contributed by atoms with Crippen LogP contribution in [0, 0.1) is 0 Å². The Morgan fingerprint density at radius 2 is 1.54 bits per heavy atom. The number of ether oxygens (including phenoxy) is 1. The van der Waals surface area contributed by atoms with Crippen LogP contribution in [0.3, 0.4) is 0 Å². The highest BCUT2D eigenvalue weighted by atomic mass is 16.5. The van der Waals surface area contributed by atoms with Crippen molar-refractivity contribution in [3.05, 3.63) is 54.1 Å². The van der Waals surface area contributed by atoms with Crippen molar-refractivity contribution in [2.45, 2.75) is 12.5 Å². The molecule has 0 unspecified atom stereocenters. The molecule has 5 N–H and O–H groups in total. The number of benzene rings is 2. The molecule has 0 aromatic heterocycles. The van der Waals surface area contributed by atoms with Gasteiger partial charge < -0.3 is 26.2 Å². The first-order valence-electron chi connectivity index (χ1n) is 7.27. The van der Waals surface area contributed by atoms with Crippen molar-refractivity contribution in [3.63, 3.8) is 0 Å². The minimum absolute atomic E-state index is 0.230. The summed E-state index contributed by atoms with van der Waals surface area (Å²) in [6, 6.07) is 12.5. The fourth-order valence-corrected chi connectivity index (χ4v) is 2.03. The van der Waals surface area contributed by atoms with Gasteiger partial charge in [0.1, 0.15) is 11.8 Å². The molecule has 2 aromatic carbocycles. The molecule has 24 heavy (non-hydrogen) atoms. The summed E-state index contributed by atoms with van der Waals surface area (Å²) in [7, 11) is 1.57. The molecule has 0 radical (unpaired) electrons. The number of anilines is 2.